The highest BCUT2D eigenvalue weighted by Gasteiger charge is 2.34. The Morgan fingerprint density at radius 1 is 1.09 bits per heavy atom. The molecule has 0 radical (unpaired) electrons. The van der Waals surface area contributed by atoms with Gasteiger partial charge in [0, 0.05) is 18.9 Å². The lowest BCUT2D eigenvalue weighted by atomic mass is 9.98. The molecule has 7 nitrogen and oxygen atoms in total. The zero-order chi connectivity index (χ0) is 22.8. The molecule has 1 aliphatic heterocycles. The van der Waals surface area contributed by atoms with Gasteiger partial charge in [-0.3, -0.25) is 4.79 Å². The van der Waals surface area contributed by atoms with Crippen LogP contribution in [0.4, 0.5) is 0 Å². The van der Waals surface area contributed by atoms with Crippen LogP contribution in [0.5, 0.6) is 5.75 Å². The summed E-state index contributed by atoms with van der Waals surface area (Å²) in [5.41, 5.74) is 3.00. The number of amides is 1. The Balaban J connectivity index is 1.37. The van der Waals surface area contributed by atoms with E-state index in [1.54, 1.807) is 12.1 Å². The van der Waals surface area contributed by atoms with E-state index in [0.717, 1.165) is 40.1 Å². The SMILES string of the molecule is CCn1c(SCC(=O)N2N=C(c3ccccc3)C[C@@H]2c2ccc(OC)cc2)nnc1C1CC1. The van der Waals surface area contributed by atoms with E-state index in [-0.39, 0.29) is 17.7 Å². The highest BCUT2D eigenvalue weighted by atomic mass is 32.2. The molecule has 0 saturated heterocycles. The molecule has 5 rings (SSSR count). The maximum absolute atomic E-state index is 13.4. The average Bonchev–Trinajstić information content (AvgIpc) is 3.47. The molecule has 0 bridgehead atoms. The van der Waals surface area contributed by atoms with Crippen LogP contribution in [0.1, 0.15) is 55.1 Å². The first-order valence-electron chi connectivity index (χ1n) is 11.3. The molecular formula is C25H27N5O2S. The lowest BCUT2D eigenvalue weighted by Gasteiger charge is -2.22. The van der Waals surface area contributed by atoms with Crippen LogP contribution in [-0.4, -0.2) is 44.3 Å². The van der Waals surface area contributed by atoms with Crippen molar-refractivity contribution in [2.75, 3.05) is 12.9 Å². The van der Waals surface area contributed by atoms with Gasteiger partial charge in [-0.2, -0.15) is 5.10 Å². The molecule has 1 saturated carbocycles. The lowest BCUT2D eigenvalue weighted by molar-refractivity contribution is -0.130. The minimum Gasteiger partial charge on any atom is -0.497 e. The van der Waals surface area contributed by atoms with E-state index in [2.05, 4.69) is 21.7 Å². The van der Waals surface area contributed by atoms with Gasteiger partial charge in [0.05, 0.1) is 24.6 Å². The van der Waals surface area contributed by atoms with Gasteiger partial charge in [-0.05, 0) is 43.0 Å². The Hall–Kier alpha value is -3.13. The van der Waals surface area contributed by atoms with E-state index >= 15 is 0 Å². The minimum absolute atomic E-state index is 0.0367. The molecule has 1 atom stereocenters. The number of carbonyl (C=O) groups excluding carboxylic acids is 1. The van der Waals surface area contributed by atoms with Crippen LogP contribution in [-0.2, 0) is 11.3 Å². The van der Waals surface area contributed by atoms with Crippen molar-refractivity contribution in [3.63, 3.8) is 0 Å². The van der Waals surface area contributed by atoms with E-state index in [9.17, 15) is 4.79 Å². The Labute approximate surface area is 197 Å². The summed E-state index contributed by atoms with van der Waals surface area (Å²) < 4.78 is 7.44. The lowest BCUT2D eigenvalue weighted by Crippen LogP contribution is -2.28. The summed E-state index contributed by atoms with van der Waals surface area (Å²) in [5, 5.41) is 16.0. The van der Waals surface area contributed by atoms with Crippen molar-refractivity contribution in [1.29, 1.82) is 0 Å². The highest BCUT2D eigenvalue weighted by Crippen LogP contribution is 2.40. The second-order valence-corrected chi connectivity index (χ2v) is 9.23. The summed E-state index contributed by atoms with van der Waals surface area (Å²) in [5.74, 6) is 2.60. The van der Waals surface area contributed by atoms with Crippen LogP contribution < -0.4 is 4.74 Å². The number of methoxy groups -OCH3 is 1. The summed E-state index contributed by atoms with van der Waals surface area (Å²) in [4.78, 5) is 13.4. The largest absolute Gasteiger partial charge is 0.497 e. The van der Waals surface area contributed by atoms with Crippen molar-refractivity contribution >= 4 is 23.4 Å². The quantitative estimate of drug-likeness (QED) is 0.457. The standard InChI is InChI=1S/C25H27N5O2S/c1-3-29-24(19-9-10-19)26-27-25(29)33-16-23(31)30-22(18-11-13-20(32-2)14-12-18)15-21(28-30)17-7-5-4-6-8-17/h4-8,11-14,19,22H,3,9-10,15-16H2,1-2H3/t22-/m1/s1. The summed E-state index contributed by atoms with van der Waals surface area (Å²) in [7, 11) is 1.65. The third kappa shape index (κ3) is 4.53. The number of benzene rings is 2. The fourth-order valence-corrected chi connectivity index (χ4v) is 5.03. The number of hydrogen-bond donors (Lipinski definition) is 0. The molecule has 2 heterocycles. The van der Waals surface area contributed by atoms with Crippen molar-refractivity contribution in [2.24, 2.45) is 5.10 Å². The van der Waals surface area contributed by atoms with E-state index < -0.39 is 0 Å². The second kappa shape index (κ2) is 9.39. The molecule has 1 amide bonds. The maximum Gasteiger partial charge on any atom is 0.253 e. The zero-order valence-corrected chi connectivity index (χ0v) is 19.7. The number of ether oxygens (including phenoxy) is 1. The van der Waals surface area contributed by atoms with Gasteiger partial charge in [0.15, 0.2) is 5.16 Å². The van der Waals surface area contributed by atoms with Gasteiger partial charge in [-0.1, -0.05) is 54.2 Å². The normalized spacial score (nSPS) is 17.8. The van der Waals surface area contributed by atoms with Crippen LogP contribution in [0.3, 0.4) is 0 Å². The molecule has 2 aromatic carbocycles. The Morgan fingerprint density at radius 3 is 2.52 bits per heavy atom. The number of thioether (sulfide) groups is 1. The molecule has 0 unspecified atom stereocenters. The first kappa shape index (κ1) is 21.7. The fourth-order valence-electron chi connectivity index (χ4n) is 4.17. The molecule has 3 aromatic rings. The first-order chi connectivity index (χ1) is 16.2. The van der Waals surface area contributed by atoms with Crippen molar-refractivity contribution in [3.8, 4) is 5.75 Å². The second-order valence-electron chi connectivity index (χ2n) is 8.29. The highest BCUT2D eigenvalue weighted by molar-refractivity contribution is 7.99. The molecule has 2 aliphatic rings. The smallest absolute Gasteiger partial charge is 0.253 e. The van der Waals surface area contributed by atoms with Crippen LogP contribution >= 0.6 is 11.8 Å². The third-order valence-corrected chi connectivity index (χ3v) is 7.05. The molecule has 1 aromatic heterocycles. The first-order valence-corrected chi connectivity index (χ1v) is 12.3. The fraction of sp³-hybridized carbons (Fsp3) is 0.360. The van der Waals surface area contributed by atoms with E-state index in [1.165, 1.54) is 24.6 Å². The average molecular weight is 462 g/mol. The molecule has 0 spiro atoms. The molecule has 8 heteroatoms. The molecular weight excluding hydrogens is 434 g/mol. The van der Waals surface area contributed by atoms with Crippen LogP contribution in [0.25, 0.3) is 0 Å². The third-order valence-electron chi connectivity index (χ3n) is 6.10. The molecule has 0 N–H and O–H groups in total. The van der Waals surface area contributed by atoms with Gasteiger partial charge in [0.2, 0.25) is 0 Å². The number of rotatable bonds is 8. The van der Waals surface area contributed by atoms with Crippen molar-refractivity contribution in [3.05, 3.63) is 71.5 Å². The minimum atomic E-state index is -0.148. The predicted molar refractivity (Wildman–Crippen MR) is 129 cm³/mol. The van der Waals surface area contributed by atoms with Crippen LogP contribution in [0, 0.1) is 0 Å². The summed E-state index contributed by atoms with van der Waals surface area (Å²) >= 11 is 1.44. The monoisotopic (exact) mass is 461 g/mol. The number of hydrazone groups is 1. The van der Waals surface area contributed by atoms with Crippen LogP contribution in [0.2, 0.25) is 0 Å². The Kier molecular flexibility index (Phi) is 6.17. The van der Waals surface area contributed by atoms with Gasteiger partial charge >= 0.3 is 0 Å². The number of aromatic nitrogens is 3. The van der Waals surface area contributed by atoms with Crippen LogP contribution in [0.15, 0.2) is 64.9 Å². The van der Waals surface area contributed by atoms with Gasteiger partial charge < -0.3 is 9.30 Å². The molecule has 170 valence electrons. The summed E-state index contributed by atoms with van der Waals surface area (Å²) in [6.45, 7) is 2.90. The number of nitrogens with zero attached hydrogens (tertiary/aromatic N) is 5. The predicted octanol–water partition coefficient (Wildman–Crippen LogP) is 4.65. The van der Waals surface area contributed by atoms with E-state index in [4.69, 9.17) is 9.84 Å². The molecule has 1 fully saturated rings. The van der Waals surface area contributed by atoms with Crippen molar-refractivity contribution in [2.45, 2.75) is 49.8 Å². The van der Waals surface area contributed by atoms with Gasteiger partial charge in [-0.15, -0.1) is 10.2 Å². The van der Waals surface area contributed by atoms with Crippen molar-refractivity contribution < 1.29 is 9.53 Å². The summed E-state index contributed by atoms with van der Waals surface area (Å²) in [6, 6.07) is 17.8. The van der Waals surface area contributed by atoms with Gasteiger partial charge in [-0.25, -0.2) is 5.01 Å². The molecule has 1 aliphatic carbocycles. The van der Waals surface area contributed by atoms with Crippen molar-refractivity contribution in [1.82, 2.24) is 19.8 Å². The van der Waals surface area contributed by atoms with Gasteiger partial charge in [0.1, 0.15) is 11.6 Å². The Bertz CT molecular complexity index is 1160. The number of hydrogen-bond acceptors (Lipinski definition) is 6. The van der Waals surface area contributed by atoms with E-state index in [1.807, 2.05) is 54.6 Å². The zero-order valence-electron chi connectivity index (χ0n) is 18.8. The van der Waals surface area contributed by atoms with E-state index in [0.29, 0.717) is 12.3 Å². The molecule has 33 heavy (non-hydrogen) atoms. The maximum atomic E-state index is 13.4. The topological polar surface area (TPSA) is 72.6 Å². The Morgan fingerprint density at radius 2 is 1.85 bits per heavy atom. The van der Waals surface area contributed by atoms with Gasteiger partial charge in [0.25, 0.3) is 5.91 Å². The number of carbonyl (C=O) groups is 1. The summed E-state index contributed by atoms with van der Waals surface area (Å²) in [6.07, 6.45) is 3.02.